The molecule has 0 spiro atoms. The highest BCUT2D eigenvalue weighted by Gasteiger charge is 2.28. The van der Waals surface area contributed by atoms with E-state index in [1.165, 1.54) is 6.20 Å². The van der Waals surface area contributed by atoms with E-state index in [0.717, 1.165) is 24.4 Å². The van der Waals surface area contributed by atoms with Crippen molar-refractivity contribution in [2.45, 2.75) is 18.6 Å². The van der Waals surface area contributed by atoms with E-state index in [0.29, 0.717) is 18.5 Å². The fourth-order valence-corrected chi connectivity index (χ4v) is 3.13. The molecule has 1 fully saturated rings. The van der Waals surface area contributed by atoms with Crippen LogP contribution in [0.15, 0.2) is 54.9 Å². The lowest BCUT2D eigenvalue weighted by Gasteiger charge is -2.35. The molecule has 2 N–H and O–H groups in total. The molecular weight excluding hydrogens is 342 g/mol. The van der Waals surface area contributed by atoms with Gasteiger partial charge in [0.1, 0.15) is 5.75 Å². The molecular formula is C21H25N3O3. The molecule has 3 rings (SSSR count). The first-order valence-electron chi connectivity index (χ1n) is 9.07. The van der Waals surface area contributed by atoms with Crippen molar-refractivity contribution in [3.05, 3.63) is 66.0 Å². The molecule has 2 heterocycles. The van der Waals surface area contributed by atoms with E-state index in [2.05, 4.69) is 27.4 Å². The van der Waals surface area contributed by atoms with Crippen molar-refractivity contribution >= 4 is 12.0 Å². The van der Waals surface area contributed by atoms with Gasteiger partial charge in [-0.3, -0.25) is 14.7 Å². The number of piperidine rings is 1. The number of nitrogens with one attached hydrogen (secondary N) is 1. The van der Waals surface area contributed by atoms with Gasteiger partial charge in [-0.25, -0.2) is 0 Å². The zero-order chi connectivity index (χ0) is 19.1. The molecule has 1 aromatic carbocycles. The number of likely N-dealkylation sites (tertiary alicyclic amines) is 1. The molecule has 0 unspecified atom stereocenters. The maximum atomic E-state index is 12.2. The lowest BCUT2D eigenvalue weighted by Crippen LogP contribution is -2.54. The number of carbonyl (C=O) groups is 1. The molecule has 0 radical (unpaired) electrons. The molecule has 0 saturated carbocycles. The van der Waals surface area contributed by atoms with Crippen molar-refractivity contribution in [2.24, 2.45) is 0 Å². The first-order chi connectivity index (χ1) is 13.2. The second-order valence-corrected chi connectivity index (χ2v) is 6.61. The second-order valence-electron chi connectivity index (χ2n) is 6.61. The summed E-state index contributed by atoms with van der Waals surface area (Å²) in [5.74, 6) is 0.644. The molecule has 0 aliphatic carbocycles. The van der Waals surface area contributed by atoms with Crippen molar-refractivity contribution in [1.82, 2.24) is 15.2 Å². The van der Waals surface area contributed by atoms with Gasteiger partial charge in [0, 0.05) is 32.0 Å². The van der Waals surface area contributed by atoms with Crippen LogP contribution in [0, 0.1) is 0 Å². The largest absolute Gasteiger partial charge is 0.497 e. The number of aliphatic hydroxyl groups excluding tert-OH is 1. The number of hydrogen-bond acceptors (Lipinski definition) is 5. The lowest BCUT2D eigenvalue weighted by molar-refractivity contribution is 0.0422. The number of aliphatic hydroxyl groups is 1. The molecule has 1 aliphatic rings. The highest BCUT2D eigenvalue weighted by molar-refractivity contribution is 5.94. The fraction of sp³-hybridized carbons (Fsp3) is 0.333. The van der Waals surface area contributed by atoms with Crippen LogP contribution in [0.4, 0.5) is 0 Å². The Kier molecular flexibility index (Phi) is 6.57. The second kappa shape index (κ2) is 9.30. The van der Waals surface area contributed by atoms with Crippen LogP contribution in [0.3, 0.4) is 0 Å². The molecule has 2 atom stereocenters. The van der Waals surface area contributed by atoms with Crippen LogP contribution in [0.1, 0.15) is 22.3 Å². The number of rotatable bonds is 6. The number of pyridine rings is 1. The highest BCUT2D eigenvalue weighted by atomic mass is 16.5. The van der Waals surface area contributed by atoms with Crippen LogP contribution in [0.5, 0.6) is 5.75 Å². The van der Waals surface area contributed by atoms with E-state index in [1.807, 2.05) is 24.3 Å². The summed E-state index contributed by atoms with van der Waals surface area (Å²) in [5, 5.41) is 13.3. The average Bonchev–Trinajstić information content (AvgIpc) is 2.71. The molecule has 1 saturated heterocycles. The molecule has 142 valence electrons. The van der Waals surface area contributed by atoms with Crippen LogP contribution < -0.4 is 10.1 Å². The lowest BCUT2D eigenvalue weighted by atomic mass is 10.0. The van der Waals surface area contributed by atoms with Gasteiger partial charge in [-0.2, -0.15) is 0 Å². The monoisotopic (exact) mass is 367 g/mol. The zero-order valence-electron chi connectivity index (χ0n) is 15.4. The van der Waals surface area contributed by atoms with Crippen LogP contribution in [-0.2, 0) is 0 Å². The standard InChI is InChI=1S/C21H25N3O3/c1-27-18-8-6-16(7-9-18)4-3-12-24-13-10-19(20(25)15-24)23-21(26)17-5-2-11-22-14-17/h2-9,11,14,19-20,25H,10,12-13,15H2,1H3,(H,23,26)/t19-,20-/m1/s1. The minimum Gasteiger partial charge on any atom is -0.497 e. The molecule has 0 bridgehead atoms. The molecule has 6 nitrogen and oxygen atoms in total. The fourth-order valence-electron chi connectivity index (χ4n) is 3.13. The van der Waals surface area contributed by atoms with Gasteiger partial charge in [-0.05, 0) is 36.2 Å². The Morgan fingerprint density at radius 2 is 2.19 bits per heavy atom. The van der Waals surface area contributed by atoms with Gasteiger partial charge in [-0.15, -0.1) is 0 Å². The maximum absolute atomic E-state index is 12.2. The number of nitrogens with zero attached hydrogens (tertiary/aromatic N) is 2. The van der Waals surface area contributed by atoms with Crippen LogP contribution in [-0.4, -0.2) is 59.8 Å². The quantitative estimate of drug-likeness (QED) is 0.817. The topological polar surface area (TPSA) is 74.7 Å². The Hall–Kier alpha value is -2.70. The molecule has 27 heavy (non-hydrogen) atoms. The summed E-state index contributed by atoms with van der Waals surface area (Å²) in [7, 11) is 1.65. The molecule has 6 heteroatoms. The Morgan fingerprint density at radius 1 is 1.37 bits per heavy atom. The van der Waals surface area contributed by atoms with Crippen LogP contribution in [0.2, 0.25) is 0 Å². The van der Waals surface area contributed by atoms with E-state index in [9.17, 15) is 9.90 Å². The number of methoxy groups -OCH3 is 1. The summed E-state index contributed by atoms with van der Waals surface area (Å²) in [6.07, 6.45) is 7.42. The predicted octanol–water partition coefficient (Wildman–Crippen LogP) is 1.97. The van der Waals surface area contributed by atoms with Gasteiger partial charge in [0.25, 0.3) is 5.91 Å². The van der Waals surface area contributed by atoms with Crippen LogP contribution >= 0.6 is 0 Å². The van der Waals surface area contributed by atoms with Gasteiger partial charge in [0.05, 0.1) is 24.8 Å². The van der Waals surface area contributed by atoms with E-state index in [4.69, 9.17) is 4.74 Å². The van der Waals surface area contributed by atoms with Gasteiger partial charge < -0.3 is 15.2 Å². The van der Waals surface area contributed by atoms with Gasteiger partial charge in [0.2, 0.25) is 0 Å². The third kappa shape index (κ3) is 5.39. The summed E-state index contributed by atoms with van der Waals surface area (Å²) < 4.78 is 5.15. The number of aromatic nitrogens is 1. The number of hydrogen-bond donors (Lipinski definition) is 2. The SMILES string of the molecule is COc1ccc(C=CCN2CC[C@@H](NC(=O)c3cccnc3)[C@H](O)C2)cc1. The zero-order valence-corrected chi connectivity index (χ0v) is 15.4. The van der Waals surface area contributed by atoms with E-state index in [1.54, 1.807) is 25.4 Å². The Balaban J connectivity index is 1.46. The number of ether oxygens (including phenoxy) is 1. The predicted molar refractivity (Wildman–Crippen MR) is 105 cm³/mol. The van der Waals surface area contributed by atoms with E-state index in [-0.39, 0.29) is 11.9 Å². The van der Waals surface area contributed by atoms with Crippen LogP contribution in [0.25, 0.3) is 6.08 Å². The number of benzene rings is 1. The van der Waals surface area contributed by atoms with Crippen molar-refractivity contribution in [1.29, 1.82) is 0 Å². The Morgan fingerprint density at radius 3 is 2.85 bits per heavy atom. The molecule has 1 amide bonds. The normalized spacial score (nSPS) is 20.5. The summed E-state index contributed by atoms with van der Waals surface area (Å²) >= 11 is 0. The Bertz CT molecular complexity index is 762. The number of β-amino-alcohol motifs (C(OH)–C–C–N with tert-alkyl or cyclic N) is 1. The van der Waals surface area contributed by atoms with Crippen molar-refractivity contribution in [3.63, 3.8) is 0 Å². The minimum atomic E-state index is -0.589. The summed E-state index contributed by atoms with van der Waals surface area (Å²) in [6, 6.07) is 11.1. The van der Waals surface area contributed by atoms with Crippen molar-refractivity contribution < 1.29 is 14.6 Å². The minimum absolute atomic E-state index is 0.194. The first-order valence-corrected chi connectivity index (χ1v) is 9.07. The van der Waals surface area contributed by atoms with Gasteiger partial charge >= 0.3 is 0 Å². The molecule has 1 aromatic heterocycles. The van der Waals surface area contributed by atoms with Gasteiger partial charge in [0.15, 0.2) is 0 Å². The summed E-state index contributed by atoms with van der Waals surface area (Å²) in [4.78, 5) is 18.3. The van der Waals surface area contributed by atoms with E-state index < -0.39 is 6.10 Å². The molecule has 1 aliphatic heterocycles. The number of carbonyl (C=O) groups excluding carboxylic acids is 1. The Labute approximate surface area is 159 Å². The summed E-state index contributed by atoms with van der Waals surface area (Å²) in [6.45, 7) is 2.11. The molecule has 2 aromatic rings. The van der Waals surface area contributed by atoms with E-state index >= 15 is 0 Å². The average molecular weight is 367 g/mol. The first kappa shape index (κ1) is 19.1. The van der Waals surface area contributed by atoms with Gasteiger partial charge in [-0.1, -0.05) is 24.3 Å². The third-order valence-electron chi connectivity index (χ3n) is 4.70. The smallest absolute Gasteiger partial charge is 0.253 e. The maximum Gasteiger partial charge on any atom is 0.253 e. The number of amides is 1. The third-order valence-corrected chi connectivity index (χ3v) is 4.70. The van der Waals surface area contributed by atoms with Crippen molar-refractivity contribution in [3.8, 4) is 5.75 Å². The summed E-state index contributed by atoms with van der Waals surface area (Å²) in [5.41, 5.74) is 1.62. The van der Waals surface area contributed by atoms with Crippen molar-refractivity contribution in [2.75, 3.05) is 26.7 Å². The highest BCUT2D eigenvalue weighted by Crippen LogP contribution is 2.14.